The highest BCUT2D eigenvalue weighted by Gasteiger charge is 2.18. The maximum Gasteiger partial charge on any atom is 0.163 e. The third kappa shape index (κ3) is 5.11. The van der Waals surface area contributed by atoms with Crippen molar-refractivity contribution >= 4 is 21.7 Å². The van der Waals surface area contributed by atoms with Crippen LogP contribution in [-0.2, 0) is 11.3 Å². The third-order valence-electron chi connectivity index (χ3n) is 3.28. The highest BCUT2D eigenvalue weighted by molar-refractivity contribution is 9.10. The maximum absolute atomic E-state index is 13.7. The van der Waals surface area contributed by atoms with E-state index in [9.17, 15) is 13.6 Å². The van der Waals surface area contributed by atoms with Gasteiger partial charge in [-0.25, -0.2) is 8.78 Å². The Bertz CT molecular complexity index is 692. The molecule has 6 heteroatoms. The number of alkyl halides is 1. The Morgan fingerprint density at radius 3 is 2.58 bits per heavy atom. The van der Waals surface area contributed by atoms with Gasteiger partial charge in [-0.05, 0) is 34.5 Å². The van der Waals surface area contributed by atoms with Gasteiger partial charge in [0.25, 0.3) is 0 Å². The summed E-state index contributed by atoms with van der Waals surface area (Å²) >= 11 is 3.02. The number of ether oxygens (including phenoxy) is 2. The summed E-state index contributed by atoms with van der Waals surface area (Å²) in [6.07, 6.45) is -0.924. The molecule has 2 aromatic rings. The molecular weight excluding hydrogens is 382 g/mol. The molecule has 0 fully saturated rings. The number of rotatable bonds is 8. The van der Waals surface area contributed by atoms with Gasteiger partial charge in [0.2, 0.25) is 0 Å². The molecular formula is C18H17BrF2O3. The maximum atomic E-state index is 13.7. The van der Waals surface area contributed by atoms with Crippen molar-refractivity contribution in [3.05, 3.63) is 63.9 Å². The number of hydrogen-bond acceptors (Lipinski definition) is 3. The Morgan fingerprint density at radius 1 is 1.25 bits per heavy atom. The molecule has 0 radical (unpaired) electrons. The van der Waals surface area contributed by atoms with E-state index in [1.54, 1.807) is 0 Å². The lowest BCUT2D eigenvalue weighted by atomic mass is 10.1. The van der Waals surface area contributed by atoms with Crippen molar-refractivity contribution < 1.29 is 23.0 Å². The molecule has 0 aliphatic rings. The monoisotopic (exact) mass is 398 g/mol. The van der Waals surface area contributed by atoms with Gasteiger partial charge in [0.15, 0.2) is 11.9 Å². The van der Waals surface area contributed by atoms with Gasteiger partial charge >= 0.3 is 0 Å². The molecule has 24 heavy (non-hydrogen) atoms. The number of carbonyl (C=O) groups excluding carboxylic acids is 1. The van der Waals surface area contributed by atoms with Crippen LogP contribution in [0, 0.1) is 5.82 Å². The molecule has 2 aromatic carbocycles. The van der Waals surface area contributed by atoms with Crippen molar-refractivity contribution in [1.29, 1.82) is 0 Å². The van der Waals surface area contributed by atoms with Crippen LogP contribution in [0.3, 0.4) is 0 Å². The minimum atomic E-state index is -0.924. The first-order chi connectivity index (χ1) is 11.5. The van der Waals surface area contributed by atoms with Crippen LogP contribution in [0.4, 0.5) is 8.78 Å². The minimum absolute atomic E-state index is 0.00848. The predicted octanol–water partition coefficient (Wildman–Crippen LogP) is 4.72. The van der Waals surface area contributed by atoms with Crippen molar-refractivity contribution in [3.8, 4) is 5.75 Å². The van der Waals surface area contributed by atoms with E-state index in [1.165, 1.54) is 13.0 Å². The average molecular weight is 399 g/mol. The molecule has 0 saturated heterocycles. The van der Waals surface area contributed by atoms with Crippen molar-refractivity contribution in [1.82, 2.24) is 0 Å². The number of benzene rings is 2. The second kappa shape index (κ2) is 8.89. The molecule has 0 heterocycles. The SMILES string of the molecule is CC(=O)c1cc(Br)c(F)cc1O[C@@H](CF)COCc1ccccc1. The van der Waals surface area contributed by atoms with Gasteiger partial charge in [0.1, 0.15) is 18.2 Å². The topological polar surface area (TPSA) is 35.5 Å². The largest absolute Gasteiger partial charge is 0.484 e. The van der Waals surface area contributed by atoms with Gasteiger partial charge in [-0.15, -0.1) is 0 Å². The van der Waals surface area contributed by atoms with Crippen LogP contribution in [0.15, 0.2) is 46.9 Å². The quantitative estimate of drug-likeness (QED) is 0.603. The van der Waals surface area contributed by atoms with Gasteiger partial charge in [-0.1, -0.05) is 30.3 Å². The minimum Gasteiger partial charge on any atom is -0.484 e. The van der Waals surface area contributed by atoms with E-state index in [0.29, 0.717) is 6.61 Å². The Hall–Kier alpha value is -1.79. The van der Waals surface area contributed by atoms with Crippen molar-refractivity contribution in [2.45, 2.75) is 19.6 Å². The van der Waals surface area contributed by atoms with E-state index in [1.807, 2.05) is 30.3 Å². The van der Waals surface area contributed by atoms with E-state index in [2.05, 4.69) is 15.9 Å². The van der Waals surface area contributed by atoms with E-state index in [0.717, 1.165) is 11.6 Å². The van der Waals surface area contributed by atoms with Crippen LogP contribution in [0.2, 0.25) is 0 Å². The lowest BCUT2D eigenvalue weighted by molar-refractivity contribution is 0.0292. The van der Waals surface area contributed by atoms with E-state index >= 15 is 0 Å². The summed E-state index contributed by atoms with van der Waals surface area (Å²) < 4.78 is 37.9. The summed E-state index contributed by atoms with van der Waals surface area (Å²) in [5.74, 6) is -0.875. The van der Waals surface area contributed by atoms with Crippen molar-refractivity contribution in [2.24, 2.45) is 0 Å². The van der Waals surface area contributed by atoms with Crippen LogP contribution >= 0.6 is 15.9 Å². The highest BCUT2D eigenvalue weighted by Crippen LogP contribution is 2.28. The van der Waals surface area contributed by atoms with Gasteiger partial charge in [0, 0.05) is 6.07 Å². The molecule has 0 N–H and O–H groups in total. The van der Waals surface area contributed by atoms with Crippen LogP contribution in [0.1, 0.15) is 22.8 Å². The molecule has 3 nitrogen and oxygen atoms in total. The van der Waals surface area contributed by atoms with Gasteiger partial charge in [-0.3, -0.25) is 4.79 Å². The number of ketones is 1. The molecule has 0 aliphatic carbocycles. The molecule has 2 rings (SSSR count). The first kappa shape index (κ1) is 18.5. The summed E-state index contributed by atoms with van der Waals surface area (Å²) in [4.78, 5) is 11.7. The average Bonchev–Trinajstić information content (AvgIpc) is 2.57. The number of hydrogen-bond donors (Lipinski definition) is 0. The van der Waals surface area contributed by atoms with Crippen LogP contribution in [0.5, 0.6) is 5.75 Å². The van der Waals surface area contributed by atoms with Gasteiger partial charge in [-0.2, -0.15) is 0 Å². The summed E-state index contributed by atoms with van der Waals surface area (Å²) in [6, 6.07) is 11.8. The smallest absolute Gasteiger partial charge is 0.163 e. The summed E-state index contributed by atoms with van der Waals surface area (Å²) in [6.45, 7) is 0.822. The van der Waals surface area contributed by atoms with E-state index in [4.69, 9.17) is 9.47 Å². The van der Waals surface area contributed by atoms with E-state index < -0.39 is 18.6 Å². The molecule has 0 saturated carbocycles. The van der Waals surface area contributed by atoms with Gasteiger partial charge < -0.3 is 9.47 Å². The number of Topliss-reactive ketones (excluding diaryl/α,β-unsaturated/α-hetero) is 1. The van der Waals surface area contributed by atoms with Crippen molar-refractivity contribution in [2.75, 3.05) is 13.3 Å². The Kier molecular flexibility index (Phi) is 6.87. The molecule has 0 spiro atoms. The summed E-state index contributed by atoms with van der Waals surface area (Å²) in [5.41, 5.74) is 1.14. The Morgan fingerprint density at radius 2 is 1.96 bits per heavy atom. The normalized spacial score (nSPS) is 12.0. The fourth-order valence-electron chi connectivity index (χ4n) is 2.07. The molecule has 1 atom stereocenters. The molecule has 128 valence electrons. The fourth-order valence-corrected chi connectivity index (χ4v) is 2.42. The van der Waals surface area contributed by atoms with E-state index in [-0.39, 0.29) is 28.2 Å². The number of halogens is 3. The lowest BCUT2D eigenvalue weighted by Gasteiger charge is -2.18. The summed E-state index contributed by atoms with van der Waals surface area (Å²) in [5, 5.41) is 0. The zero-order chi connectivity index (χ0) is 17.5. The molecule has 0 amide bonds. The van der Waals surface area contributed by atoms with Crippen LogP contribution in [0.25, 0.3) is 0 Å². The lowest BCUT2D eigenvalue weighted by Crippen LogP contribution is -2.26. The number of carbonyl (C=O) groups is 1. The zero-order valence-corrected chi connectivity index (χ0v) is 14.7. The van der Waals surface area contributed by atoms with Crippen LogP contribution < -0.4 is 4.74 Å². The molecule has 0 aromatic heterocycles. The standard InChI is InChI=1S/C18H17BrF2O3/c1-12(22)15-7-16(19)17(21)8-18(15)24-14(9-20)11-23-10-13-5-3-2-4-6-13/h2-8,14H,9-11H2,1H3/t14-/m0/s1. The first-order valence-corrected chi connectivity index (χ1v) is 8.14. The third-order valence-corrected chi connectivity index (χ3v) is 3.89. The molecule has 0 bridgehead atoms. The second-order valence-electron chi connectivity index (χ2n) is 5.21. The fraction of sp³-hybridized carbons (Fsp3) is 0.278. The molecule has 0 aliphatic heterocycles. The second-order valence-corrected chi connectivity index (χ2v) is 6.07. The van der Waals surface area contributed by atoms with Gasteiger partial charge in [0.05, 0.1) is 23.2 Å². The first-order valence-electron chi connectivity index (χ1n) is 7.35. The summed E-state index contributed by atoms with van der Waals surface area (Å²) in [7, 11) is 0. The predicted molar refractivity (Wildman–Crippen MR) is 90.6 cm³/mol. The highest BCUT2D eigenvalue weighted by atomic mass is 79.9. The Labute approximate surface area is 147 Å². The van der Waals surface area contributed by atoms with Crippen LogP contribution in [-0.4, -0.2) is 25.2 Å². The Balaban J connectivity index is 2.02. The molecule has 0 unspecified atom stereocenters. The zero-order valence-electron chi connectivity index (χ0n) is 13.1. The van der Waals surface area contributed by atoms with Crippen molar-refractivity contribution in [3.63, 3.8) is 0 Å².